The topological polar surface area (TPSA) is 228 Å². The van der Waals surface area contributed by atoms with Gasteiger partial charge in [0, 0.05) is 6.42 Å². The van der Waals surface area contributed by atoms with Gasteiger partial charge in [0.1, 0.15) is 48.8 Å². The Morgan fingerprint density at radius 2 is 0.667 bits per heavy atom. The summed E-state index contributed by atoms with van der Waals surface area (Å²) >= 11 is 0. The molecule has 0 saturated carbocycles. The van der Waals surface area contributed by atoms with Crippen LogP contribution in [0.15, 0.2) is 12.2 Å². The monoisotopic (exact) mass is 1320 g/mol. The van der Waals surface area contributed by atoms with Gasteiger partial charge < -0.3 is 65.1 Å². The van der Waals surface area contributed by atoms with Gasteiger partial charge in [-0.3, -0.25) is 4.79 Å². The van der Waals surface area contributed by atoms with E-state index in [0.29, 0.717) is 0 Å². The molecule has 0 aromatic heterocycles. The van der Waals surface area contributed by atoms with Gasteiger partial charge in [0.25, 0.3) is 0 Å². The van der Waals surface area contributed by atoms with Gasteiger partial charge in [-0.15, -0.1) is 0 Å². The van der Waals surface area contributed by atoms with Crippen molar-refractivity contribution in [1.29, 1.82) is 0 Å². The molecular weight excluding hydrogens is 1170 g/mol. The molecule has 0 aliphatic carbocycles. The van der Waals surface area contributed by atoms with Gasteiger partial charge >= 0.3 is 0 Å². The van der Waals surface area contributed by atoms with Crippen LogP contribution in [-0.2, 0) is 23.7 Å². The van der Waals surface area contributed by atoms with E-state index in [2.05, 4.69) is 19.2 Å². The third-order valence-corrected chi connectivity index (χ3v) is 20.2. The van der Waals surface area contributed by atoms with E-state index in [1.807, 2.05) is 6.08 Å². The molecule has 1 amide bonds. The summed E-state index contributed by atoms with van der Waals surface area (Å²) in [5.41, 5.74) is 0. The largest absolute Gasteiger partial charge is 0.394 e. The maximum atomic E-state index is 13.4. The molecular formula is C79H153NO13. The molecule has 2 aliphatic heterocycles. The van der Waals surface area contributed by atoms with Gasteiger partial charge in [-0.25, -0.2) is 0 Å². The highest BCUT2D eigenvalue weighted by atomic mass is 16.7. The van der Waals surface area contributed by atoms with E-state index in [1.54, 1.807) is 6.08 Å². The first-order valence-electron chi connectivity index (χ1n) is 40.4. The van der Waals surface area contributed by atoms with E-state index in [4.69, 9.17) is 18.9 Å². The van der Waals surface area contributed by atoms with Crippen LogP contribution in [0.5, 0.6) is 0 Å². The van der Waals surface area contributed by atoms with Gasteiger partial charge in [-0.1, -0.05) is 379 Å². The average Bonchev–Trinajstić information content (AvgIpc) is 0.852. The van der Waals surface area contributed by atoms with Crippen LogP contribution >= 0.6 is 0 Å². The lowest BCUT2D eigenvalue weighted by atomic mass is 9.97. The highest BCUT2D eigenvalue weighted by Gasteiger charge is 2.51. The summed E-state index contributed by atoms with van der Waals surface area (Å²) in [4.78, 5) is 13.4. The molecule has 93 heavy (non-hydrogen) atoms. The smallest absolute Gasteiger partial charge is 0.220 e. The van der Waals surface area contributed by atoms with Crippen molar-refractivity contribution in [1.82, 2.24) is 5.32 Å². The SMILES string of the molecule is CCCCCCCCCCCCCCCCCCCCCCCCCCC/C=C/C(O)C(COC1OC(CO)C(OC2OC(CO)C(O)C(O)C2O)C(O)C1O)NC(=O)CCCCCCCCCCCCCCCCCCCCCCCCCCCCCCCCCC. The van der Waals surface area contributed by atoms with Crippen molar-refractivity contribution in [3.63, 3.8) is 0 Å². The van der Waals surface area contributed by atoms with Crippen LogP contribution < -0.4 is 5.32 Å². The second-order valence-corrected chi connectivity index (χ2v) is 28.9. The summed E-state index contributed by atoms with van der Waals surface area (Å²) in [6.45, 7) is 2.88. The predicted octanol–water partition coefficient (Wildman–Crippen LogP) is 18.1. The van der Waals surface area contributed by atoms with E-state index in [0.717, 1.165) is 44.9 Å². The molecule has 2 heterocycles. The van der Waals surface area contributed by atoms with Crippen molar-refractivity contribution in [3.05, 3.63) is 12.2 Å². The summed E-state index contributed by atoms with van der Waals surface area (Å²) in [5, 5.41) is 87.7. The minimum absolute atomic E-state index is 0.228. The van der Waals surface area contributed by atoms with Crippen molar-refractivity contribution < 1.29 is 64.6 Å². The fourth-order valence-electron chi connectivity index (χ4n) is 13.8. The molecule has 2 aliphatic rings. The van der Waals surface area contributed by atoms with Gasteiger partial charge in [0.05, 0.1) is 32.0 Å². The average molecular weight is 1330 g/mol. The zero-order valence-corrected chi connectivity index (χ0v) is 60.5. The third-order valence-electron chi connectivity index (χ3n) is 20.2. The molecule has 2 rings (SSSR count). The second-order valence-electron chi connectivity index (χ2n) is 28.9. The molecule has 0 aromatic carbocycles. The van der Waals surface area contributed by atoms with Crippen molar-refractivity contribution in [2.75, 3.05) is 19.8 Å². The number of carbonyl (C=O) groups excluding carboxylic acids is 1. The second kappa shape index (κ2) is 64.1. The zero-order valence-electron chi connectivity index (χ0n) is 60.5. The normalized spacial score (nSPS) is 22.5. The molecule has 0 bridgehead atoms. The lowest BCUT2D eigenvalue weighted by molar-refractivity contribution is -0.359. The molecule has 552 valence electrons. The van der Waals surface area contributed by atoms with E-state index >= 15 is 0 Å². The first kappa shape index (κ1) is 87.8. The molecule has 0 radical (unpaired) electrons. The lowest BCUT2D eigenvalue weighted by Gasteiger charge is -2.46. The molecule has 2 saturated heterocycles. The van der Waals surface area contributed by atoms with Crippen LogP contribution in [0.4, 0.5) is 0 Å². The van der Waals surface area contributed by atoms with Crippen molar-refractivity contribution in [2.45, 2.75) is 466 Å². The molecule has 14 nitrogen and oxygen atoms in total. The standard InChI is InChI=1S/C79H153NO13/c1-3-5-7-9-11-13-15-17-19-21-23-25-27-29-31-32-33-34-35-37-39-41-43-45-47-49-51-53-55-57-59-61-63-71(84)80-67(66-90-78-76(89)74(87)77(70(65-82)92-78)93-79-75(88)73(86)72(85)69(64-81)91-79)68(83)62-60-58-56-54-52-50-48-46-44-42-40-38-36-30-28-26-24-22-20-18-16-14-12-10-8-6-4-2/h60,62,67-70,72-79,81-83,85-89H,3-59,61,63-66H2,1-2H3,(H,80,84)/b62-60+. The number of rotatable bonds is 69. The van der Waals surface area contributed by atoms with Gasteiger partial charge in [-0.2, -0.15) is 0 Å². The number of hydrogen-bond donors (Lipinski definition) is 9. The van der Waals surface area contributed by atoms with Gasteiger partial charge in [0.15, 0.2) is 12.6 Å². The third kappa shape index (κ3) is 47.4. The minimum Gasteiger partial charge on any atom is -0.394 e. The highest BCUT2D eigenvalue weighted by Crippen LogP contribution is 2.30. The number of allylic oxidation sites excluding steroid dienone is 1. The Hall–Kier alpha value is -1.27. The summed E-state index contributed by atoms with van der Waals surface area (Å²) < 4.78 is 22.9. The highest BCUT2D eigenvalue weighted by molar-refractivity contribution is 5.76. The van der Waals surface area contributed by atoms with E-state index < -0.39 is 86.8 Å². The van der Waals surface area contributed by atoms with Crippen LogP contribution in [0.2, 0.25) is 0 Å². The first-order valence-corrected chi connectivity index (χ1v) is 40.4. The Morgan fingerprint density at radius 3 is 0.989 bits per heavy atom. The van der Waals surface area contributed by atoms with E-state index in [-0.39, 0.29) is 18.9 Å². The Morgan fingerprint density at radius 1 is 0.376 bits per heavy atom. The zero-order chi connectivity index (χ0) is 67.3. The number of aliphatic hydroxyl groups excluding tert-OH is 8. The number of hydrogen-bond acceptors (Lipinski definition) is 13. The van der Waals surface area contributed by atoms with E-state index in [1.165, 1.54) is 327 Å². The summed E-state index contributed by atoms with van der Waals surface area (Å²) in [5.74, 6) is -0.228. The van der Waals surface area contributed by atoms with Crippen molar-refractivity contribution in [2.24, 2.45) is 0 Å². The van der Waals surface area contributed by atoms with Gasteiger partial charge in [0.2, 0.25) is 5.91 Å². The van der Waals surface area contributed by atoms with E-state index in [9.17, 15) is 45.6 Å². The number of unbranched alkanes of at least 4 members (excludes halogenated alkanes) is 56. The molecule has 2 fully saturated rings. The maximum Gasteiger partial charge on any atom is 0.220 e. The number of aliphatic hydroxyl groups is 8. The van der Waals surface area contributed by atoms with Crippen LogP contribution in [0.25, 0.3) is 0 Å². The van der Waals surface area contributed by atoms with Crippen molar-refractivity contribution in [3.8, 4) is 0 Å². The fourth-order valence-corrected chi connectivity index (χ4v) is 13.8. The predicted molar refractivity (Wildman–Crippen MR) is 383 cm³/mol. The summed E-state index contributed by atoms with van der Waals surface area (Å²) in [6.07, 6.45) is 64.4. The quantitative estimate of drug-likeness (QED) is 0.0204. The summed E-state index contributed by atoms with van der Waals surface area (Å²) in [6, 6.07) is -0.912. The number of ether oxygens (including phenoxy) is 4. The molecule has 12 atom stereocenters. The molecule has 12 unspecified atom stereocenters. The molecule has 0 aromatic rings. The number of carbonyl (C=O) groups is 1. The summed E-state index contributed by atoms with van der Waals surface area (Å²) in [7, 11) is 0. The van der Waals surface area contributed by atoms with Crippen LogP contribution in [0.3, 0.4) is 0 Å². The molecule has 9 N–H and O–H groups in total. The lowest BCUT2D eigenvalue weighted by Crippen LogP contribution is -2.65. The Bertz CT molecular complexity index is 1610. The Labute approximate surface area is 571 Å². The minimum atomic E-state index is -1.79. The Kier molecular flexibility index (Phi) is 60.6. The molecule has 14 heteroatoms. The maximum absolute atomic E-state index is 13.4. The van der Waals surface area contributed by atoms with Crippen LogP contribution in [0.1, 0.15) is 393 Å². The van der Waals surface area contributed by atoms with Crippen LogP contribution in [0, 0.1) is 0 Å². The number of nitrogens with one attached hydrogen (secondary N) is 1. The Balaban J connectivity index is 1.61. The number of amides is 1. The fraction of sp³-hybridized carbons (Fsp3) is 0.962. The van der Waals surface area contributed by atoms with Crippen molar-refractivity contribution >= 4 is 5.91 Å². The van der Waals surface area contributed by atoms with Crippen LogP contribution in [-0.4, -0.2) is 140 Å². The molecule has 0 spiro atoms. The van der Waals surface area contributed by atoms with Gasteiger partial charge in [-0.05, 0) is 19.3 Å². The first-order chi connectivity index (χ1) is 45.6.